The Morgan fingerprint density at radius 3 is 2.27 bits per heavy atom. The average Bonchev–Trinajstić information content (AvgIpc) is 2.93. The summed E-state index contributed by atoms with van der Waals surface area (Å²) in [4.78, 5) is 5.83. The monoisotopic (exact) mass is 630 g/mol. The van der Waals surface area contributed by atoms with Crippen molar-refractivity contribution < 1.29 is 35.1 Å². The highest BCUT2D eigenvalue weighted by molar-refractivity contribution is 7.90. The highest BCUT2D eigenvalue weighted by atomic mass is 32.2. The zero-order valence-electron chi connectivity index (χ0n) is 22.1. The van der Waals surface area contributed by atoms with Crippen LogP contribution in [-0.4, -0.2) is 81.0 Å². The molecule has 222 valence electrons. The van der Waals surface area contributed by atoms with Crippen LogP contribution in [0.5, 0.6) is 0 Å². The van der Waals surface area contributed by atoms with Gasteiger partial charge in [-0.05, 0) is 48.9 Å². The van der Waals surface area contributed by atoms with E-state index in [1.54, 1.807) is 23.1 Å². The maximum absolute atomic E-state index is 13.5. The SMILES string of the molecule is CN(C[C@H]1CN(S(=O)(=O)c2ccccc2S)CCN1c1ccc(C(C)(O)C(F)(F)F)cc1)S(=O)(=O)c1cccnc1. The predicted molar refractivity (Wildman–Crippen MR) is 150 cm³/mol. The van der Waals surface area contributed by atoms with Gasteiger partial charge in [0.25, 0.3) is 0 Å². The van der Waals surface area contributed by atoms with Crippen LogP contribution in [0.15, 0.2) is 87.7 Å². The molecule has 1 aliphatic rings. The first-order valence-corrected chi connectivity index (χ1v) is 15.7. The Labute approximate surface area is 242 Å². The van der Waals surface area contributed by atoms with Crippen molar-refractivity contribution >= 4 is 38.4 Å². The summed E-state index contributed by atoms with van der Waals surface area (Å²) < 4.78 is 96.0. The van der Waals surface area contributed by atoms with Gasteiger partial charge in [-0.1, -0.05) is 24.3 Å². The van der Waals surface area contributed by atoms with Crippen molar-refractivity contribution in [2.75, 3.05) is 38.1 Å². The fraction of sp³-hybridized carbons (Fsp3) is 0.346. The number of aromatic nitrogens is 1. The molecule has 1 N–H and O–H groups in total. The van der Waals surface area contributed by atoms with E-state index in [-0.39, 0.29) is 46.4 Å². The lowest BCUT2D eigenvalue weighted by Crippen LogP contribution is -2.58. The second kappa shape index (κ2) is 11.5. The summed E-state index contributed by atoms with van der Waals surface area (Å²) in [6.07, 6.45) is -2.26. The standard InChI is InChI=1S/C26H29F3N4O5S3/c1-25(34,26(27,28)29)19-9-11-20(12-10-19)33-15-14-32(41(37,38)24-8-4-3-7-23(24)39)18-21(33)17-31(2)40(35,36)22-6-5-13-30-16-22/h3-13,16,21,34,39H,14-15,17-18H2,1-2H3/t21-,25?/m0/s1. The van der Waals surface area contributed by atoms with Crippen molar-refractivity contribution in [3.05, 3.63) is 78.6 Å². The molecule has 15 heteroatoms. The molecule has 1 unspecified atom stereocenters. The van der Waals surface area contributed by atoms with E-state index in [9.17, 15) is 35.1 Å². The molecule has 0 amide bonds. The van der Waals surface area contributed by atoms with Crippen molar-refractivity contribution in [3.8, 4) is 0 Å². The number of pyridine rings is 1. The molecule has 41 heavy (non-hydrogen) atoms. The van der Waals surface area contributed by atoms with Gasteiger partial charge in [-0.15, -0.1) is 12.6 Å². The van der Waals surface area contributed by atoms with Crippen molar-refractivity contribution in [2.45, 2.75) is 39.4 Å². The number of rotatable bonds is 8. The lowest BCUT2D eigenvalue weighted by Gasteiger charge is -2.43. The smallest absolute Gasteiger partial charge is 0.376 e. The quantitative estimate of drug-likeness (QED) is 0.368. The van der Waals surface area contributed by atoms with Crippen LogP contribution in [0.2, 0.25) is 0 Å². The topological polar surface area (TPSA) is 111 Å². The predicted octanol–water partition coefficient (Wildman–Crippen LogP) is 3.34. The molecular weight excluding hydrogens is 602 g/mol. The van der Waals surface area contributed by atoms with E-state index >= 15 is 0 Å². The fourth-order valence-corrected chi connectivity index (χ4v) is 7.80. The summed E-state index contributed by atoms with van der Waals surface area (Å²) in [6.45, 7) is 0.551. The number of sulfonamides is 2. The molecule has 0 spiro atoms. The van der Waals surface area contributed by atoms with Gasteiger partial charge in [-0.25, -0.2) is 16.8 Å². The van der Waals surface area contributed by atoms with Gasteiger partial charge in [0.05, 0.1) is 10.9 Å². The fourth-order valence-electron chi connectivity index (χ4n) is 4.57. The minimum Gasteiger partial charge on any atom is -0.376 e. The number of anilines is 1. The van der Waals surface area contributed by atoms with Crippen LogP contribution in [0.4, 0.5) is 18.9 Å². The Morgan fingerprint density at radius 2 is 1.68 bits per heavy atom. The maximum Gasteiger partial charge on any atom is 0.421 e. The number of alkyl halides is 3. The number of hydrogen-bond acceptors (Lipinski definition) is 8. The Morgan fingerprint density at radius 1 is 1.02 bits per heavy atom. The summed E-state index contributed by atoms with van der Waals surface area (Å²) >= 11 is 4.28. The number of likely N-dealkylation sites (N-methyl/N-ethyl adjacent to an activating group) is 1. The first-order valence-electron chi connectivity index (χ1n) is 12.4. The van der Waals surface area contributed by atoms with Crippen LogP contribution in [-0.2, 0) is 25.6 Å². The summed E-state index contributed by atoms with van der Waals surface area (Å²) in [5.74, 6) is 0. The Balaban J connectivity index is 1.68. The summed E-state index contributed by atoms with van der Waals surface area (Å²) in [5.41, 5.74) is -3.00. The van der Waals surface area contributed by atoms with Gasteiger partial charge < -0.3 is 10.0 Å². The summed E-state index contributed by atoms with van der Waals surface area (Å²) in [6, 6.07) is 13.4. The Hall–Kier alpha value is -2.69. The minimum atomic E-state index is -4.90. The van der Waals surface area contributed by atoms with E-state index in [1.807, 2.05) is 0 Å². The molecule has 3 aromatic rings. The molecule has 2 atom stereocenters. The van der Waals surface area contributed by atoms with Crippen LogP contribution in [0.1, 0.15) is 12.5 Å². The third kappa shape index (κ3) is 6.24. The molecule has 0 radical (unpaired) electrons. The van der Waals surface area contributed by atoms with E-state index in [1.165, 1.54) is 54.1 Å². The molecule has 0 bridgehead atoms. The van der Waals surface area contributed by atoms with Gasteiger partial charge in [0.2, 0.25) is 20.0 Å². The van der Waals surface area contributed by atoms with E-state index in [0.29, 0.717) is 12.6 Å². The molecule has 1 aliphatic heterocycles. The molecule has 4 rings (SSSR count). The Kier molecular flexibility index (Phi) is 8.79. The third-order valence-electron chi connectivity index (χ3n) is 7.05. The molecule has 0 saturated carbocycles. The van der Waals surface area contributed by atoms with Crippen LogP contribution in [0, 0.1) is 0 Å². The van der Waals surface area contributed by atoms with Gasteiger partial charge in [0.15, 0.2) is 5.60 Å². The van der Waals surface area contributed by atoms with Gasteiger partial charge in [-0.3, -0.25) is 4.98 Å². The molecule has 2 aromatic carbocycles. The van der Waals surface area contributed by atoms with Crippen molar-refractivity contribution in [3.63, 3.8) is 0 Å². The van der Waals surface area contributed by atoms with Crippen LogP contribution >= 0.6 is 12.6 Å². The third-order valence-corrected chi connectivity index (χ3v) is 11.3. The molecule has 0 aliphatic carbocycles. The summed E-state index contributed by atoms with van der Waals surface area (Å²) in [5, 5.41) is 10.1. The first kappa shape index (κ1) is 31.3. The maximum atomic E-state index is 13.5. The number of nitrogens with zero attached hydrogens (tertiary/aromatic N) is 4. The van der Waals surface area contributed by atoms with Gasteiger partial charge >= 0.3 is 6.18 Å². The Bertz CT molecular complexity index is 1590. The summed E-state index contributed by atoms with van der Waals surface area (Å²) in [7, 11) is -6.63. The molecule has 2 heterocycles. The first-order chi connectivity index (χ1) is 19.1. The van der Waals surface area contributed by atoms with Crippen molar-refractivity contribution in [2.24, 2.45) is 0 Å². The number of hydrogen-bond donors (Lipinski definition) is 2. The number of aliphatic hydroxyl groups is 1. The number of thiol groups is 1. The molecule has 9 nitrogen and oxygen atoms in total. The molecule has 1 aromatic heterocycles. The number of piperazine rings is 1. The van der Waals surface area contributed by atoms with E-state index in [4.69, 9.17) is 0 Å². The lowest BCUT2D eigenvalue weighted by molar-refractivity contribution is -0.258. The second-order valence-electron chi connectivity index (χ2n) is 9.77. The highest BCUT2D eigenvalue weighted by Gasteiger charge is 2.51. The normalized spacial score (nSPS) is 18.8. The van der Waals surface area contributed by atoms with Crippen molar-refractivity contribution in [1.29, 1.82) is 0 Å². The van der Waals surface area contributed by atoms with Gasteiger partial charge in [0, 0.05) is 56.2 Å². The molecular formula is C26H29F3N4O5S3. The average molecular weight is 631 g/mol. The minimum absolute atomic E-state index is 0.00519. The van der Waals surface area contributed by atoms with E-state index in [2.05, 4.69) is 17.6 Å². The zero-order chi connectivity index (χ0) is 30.2. The largest absolute Gasteiger partial charge is 0.421 e. The van der Waals surface area contributed by atoms with Crippen molar-refractivity contribution in [1.82, 2.24) is 13.6 Å². The zero-order valence-corrected chi connectivity index (χ0v) is 24.6. The second-order valence-corrected chi connectivity index (χ2v) is 14.2. The van der Waals surface area contributed by atoms with Crippen LogP contribution < -0.4 is 4.90 Å². The number of benzene rings is 2. The molecule has 1 saturated heterocycles. The van der Waals surface area contributed by atoms with Gasteiger partial charge in [0.1, 0.15) is 4.90 Å². The molecule has 1 fully saturated rings. The lowest BCUT2D eigenvalue weighted by atomic mass is 9.95. The van der Waals surface area contributed by atoms with E-state index < -0.39 is 37.9 Å². The van der Waals surface area contributed by atoms with Crippen LogP contribution in [0.25, 0.3) is 0 Å². The van der Waals surface area contributed by atoms with Gasteiger partial charge in [-0.2, -0.15) is 21.8 Å². The number of halogens is 3. The van der Waals surface area contributed by atoms with Crippen LogP contribution in [0.3, 0.4) is 0 Å². The highest BCUT2D eigenvalue weighted by Crippen LogP contribution is 2.39. The van der Waals surface area contributed by atoms with E-state index in [0.717, 1.165) is 16.4 Å².